The Balaban J connectivity index is 1.18. The largest absolute Gasteiger partial charge is 0.338 e. The Hall–Kier alpha value is -2.97. The summed E-state index contributed by atoms with van der Waals surface area (Å²) in [6.45, 7) is 3.78. The summed E-state index contributed by atoms with van der Waals surface area (Å²) in [5.41, 5.74) is 3.20. The molecule has 0 aliphatic carbocycles. The lowest BCUT2D eigenvalue weighted by atomic mass is 10.2. The molecule has 0 radical (unpaired) electrons. The third kappa shape index (κ3) is 5.55. The quantitative estimate of drug-likeness (QED) is 0.427. The molecule has 2 amide bonds. The number of aromatic nitrogens is 3. The van der Waals surface area contributed by atoms with Gasteiger partial charge in [-0.15, -0.1) is 22.7 Å². The number of thiazole rings is 1. The Morgan fingerprint density at radius 1 is 1.10 bits per heavy atom. The van der Waals surface area contributed by atoms with Crippen LogP contribution in [0.2, 0.25) is 0 Å². The number of carbonyl (C=O) groups excluding carboxylic acids is 1. The molecule has 6 nitrogen and oxygen atoms in total. The van der Waals surface area contributed by atoms with Gasteiger partial charge in [-0.3, -0.25) is 4.68 Å². The molecule has 8 heteroatoms. The number of nitrogens with zero attached hydrogens (tertiary/aromatic N) is 3. The highest BCUT2D eigenvalue weighted by molar-refractivity contribution is 7.16. The first-order valence-electron chi connectivity index (χ1n) is 9.74. The molecule has 0 saturated carbocycles. The van der Waals surface area contributed by atoms with Crippen LogP contribution in [0, 0.1) is 6.92 Å². The van der Waals surface area contributed by atoms with Crippen LogP contribution in [0.5, 0.6) is 0 Å². The van der Waals surface area contributed by atoms with Gasteiger partial charge in [-0.25, -0.2) is 9.78 Å². The summed E-state index contributed by atoms with van der Waals surface area (Å²) in [7, 11) is 0. The second-order valence-electron chi connectivity index (χ2n) is 6.91. The monoisotopic (exact) mass is 437 g/mol. The van der Waals surface area contributed by atoms with Crippen LogP contribution < -0.4 is 10.6 Å². The number of urea groups is 1. The second kappa shape index (κ2) is 9.69. The van der Waals surface area contributed by atoms with E-state index in [1.807, 2.05) is 36.0 Å². The highest BCUT2D eigenvalue weighted by Crippen LogP contribution is 2.29. The predicted octanol–water partition coefficient (Wildman–Crippen LogP) is 4.47. The Bertz CT molecular complexity index is 1100. The molecule has 154 valence electrons. The smallest absolute Gasteiger partial charge is 0.315 e. The third-order valence-corrected chi connectivity index (χ3v) is 6.46. The summed E-state index contributed by atoms with van der Waals surface area (Å²) < 4.78 is 1.88. The van der Waals surface area contributed by atoms with E-state index in [-0.39, 0.29) is 6.03 Å². The van der Waals surface area contributed by atoms with Crippen molar-refractivity contribution >= 4 is 28.7 Å². The molecule has 0 aliphatic rings. The highest BCUT2D eigenvalue weighted by atomic mass is 32.1. The number of benzene rings is 1. The van der Waals surface area contributed by atoms with Gasteiger partial charge >= 0.3 is 6.03 Å². The van der Waals surface area contributed by atoms with Crippen LogP contribution in [-0.4, -0.2) is 27.3 Å². The summed E-state index contributed by atoms with van der Waals surface area (Å²) in [4.78, 5) is 19.0. The van der Waals surface area contributed by atoms with Gasteiger partial charge in [-0.05, 0) is 31.0 Å². The van der Waals surface area contributed by atoms with Crippen molar-refractivity contribution < 1.29 is 4.79 Å². The number of rotatable bonds is 8. The van der Waals surface area contributed by atoms with Crippen LogP contribution in [0.4, 0.5) is 4.79 Å². The predicted molar refractivity (Wildman–Crippen MR) is 122 cm³/mol. The van der Waals surface area contributed by atoms with Crippen LogP contribution in [0.1, 0.15) is 21.0 Å². The molecular weight excluding hydrogens is 414 g/mol. The molecular formula is C22H23N5OS2. The van der Waals surface area contributed by atoms with Crippen molar-refractivity contribution in [1.82, 2.24) is 25.4 Å². The Labute approximate surface area is 183 Å². The van der Waals surface area contributed by atoms with E-state index < -0.39 is 0 Å². The molecule has 0 bridgehead atoms. The molecule has 0 fully saturated rings. The standard InChI is InChI=1S/C22H23N5OS2/c1-16-26-20(15-29-16)21-8-7-19(30-21)9-10-23-22(28)24-11-18-12-25-27(14-18)13-17-5-3-2-4-6-17/h2-8,12,14-15H,9-11,13H2,1H3,(H2,23,24,28). The molecule has 30 heavy (non-hydrogen) atoms. The van der Waals surface area contributed by atoms with Crippen LogP contribution in [-0.2, 0) is 19.5 Å². The van der Waals surface area contributed by atoms with Gasteiger partial charge in [-0.2, -0.15) is 5.10 Å². The molecule has 0 unspecified atom stereocenters. The number of nitrogens with one attached hydrogen (secondary N) is 2. The highest BCUT2D eigenvalue weighted by Gasteiger charge is 2.07. The average molecular weight is 438 g/mol. The fraction of sp³-hybridized carbons (Fsp3) is 0.227. The number of hydrogen-bond acceptors (Lipinski definition) is 5. The first-order valence-corrected chi connectivity index (χ1v) is 11.4. The normalized spacial score (nSPS) is 10.8. The lowest BCUT2D eigenvalue weighted by Crippen LogP contribution is -2.36. The summed E-state index contributed by atoms with van der Waals surface area (Å²) in [6, 6.07) is 14.2. The number of thiophene rings is 1. The first-order chi connectivity index (χ1) is 14.7. The maximum Gasteiger partial charge on any atom is 0.315 e. The number of carbonyl (C=O) groups is 1. The van der Waals surface area contributed by atoms with Gasteiger partial charge in [0.1, 0.15) is 0 Å². The van der Waals surface area contributed by atoms with E-state index in [0.717, 1.165) is 29.2 Å². The third-order valence-electron chi connectivity index (χ3n) is 4.52. The van der Waals surface area contributed by atoms with Crippen molar-refractivity contribution in [3.05, 3.63) is 81.2 Å². The van der Waals surface area contributed by atoms with E-state index in [4.69, 9.17) is 0 Å². The Morgan fingerprint density at radius 2 is 1.97 bits per heavy atom. The molecule has 3 heterocycles. The molecule has 0 saturated heterocycles. The Kier molecular flexibility index (Phi) is 6.56. The van der Waals surface area contributed by atoms with E-state index in [1.54, 1.807) is 28.9 Å². The zero-order chi connectivity index (χ0) is 20.8. The summed E-state index contributed by atoms with van der Waals surface area (Å²) >= 11 is 3.39. The summed E-state index contributed by atoms with van der Waals surface area (Å²) in [5.74, 6) is 0. The van der Waals surface area contributed by atoms with E-state index >= 15 is 0 Å². The zero-order valence-corrected chi connectivity index (χ0v) is 18.3. The minimum atomic E-state index is -0.169. The van der Waals surface area contributed by atoms with E-state index in [0.29, 0.717) is 13.1 Å². The van der Waals surface area contributed by atoms with Gasteiger partial charge in [0.15, 0.2) is 0 Å². The van der Waals surface area contributed by atoms with Crippen LogP contribution in [0.25, 0.3) is 10.6 Å². The van der Waals surface area contributed by atoms with Crippen molar-refractivity contribution in [2.24, 2.45) is 0 Å². The lowest BCUT2D eigenvalue weighted by Gasteiger charge is -2.06. The van der Waals surface area contributed by atoms with Crippen molar-refractivity contribution in [2.45, 2.75) is 26.4 Å². The lowest BCUT2D eigenvalue weighted by molar-refractivity contribution is 0.240. The van der Waals surface area contributed by atoms with Gasteiger partial charge in [0, 0.05) is 35.1 Å². The second-order valence-corrected chi connectivity index (χ2v) is 9.14. The minimum absolute atomic E-state index is 0.169. The van der Waals surface area contributed by atoms with Crippen molar-refractivity contribution in [2.75, 3.05) is 6.54 Å². The fourth-order valence-electron chi connectivity index (χ4n) is 3.03. The van der Waals surface area contributed by atoms with Crippen LogP contribution >= 0.6 is 22.7 Å². The maximum atomic E-state index is 12.1. The van der Waals surface area contributed by atoms with Crippen LogP contribution in [0.3, 0.4) is 0 Å². The fourth-order valence-corrected chi connectivity index (χ4v) is 4.68. The molecule has 3 aromatic heterocycles. The first kappa shape index (κ1) is 20.3. The molecule has 2 N–H and O–H groups in total. The minimum Gasteiger partial charge on any atom is -0.338 e. The summed E-state index contributed by atoms with van der Waals surface area (Å²) in [6.07, 6.45) is 4.55. The van der Waals surface area contributed by atoms with Gasteiger partial charge in [-0.1, -0.05) is 30.3 Å². The van der Waals surface area contributed by atoms with Crippen molar-refractivity contribution in [3.8, 4) is 10.6 Å². The number of amides is 2. The van der Waals surface area contributed by atoms with Crippen molar-refractivity contribution in [3.63, 3.8) is 0 Å². The van der Waals surface area contributed by atoms with Gasteiger partial charge in [0.05, 0.1) is 28.3 Å². The molecule has 0 spiro atoms. The molecule has 0 aliphatic heterocycles. The van der Waals surface area contributed by atoms with Crippen molar-refractivity contribution in [1.29, 1.82) is 0 Å². The average Bonchev–Trinajstić information content (AvgIpc) is 3.49. The van der Waals surface area contributed by atoms with E-state index in [9.17, 15) is 4.79 Å². The van der Waals surface area contributed by atoms with Crippen LogP contribution in [0.15, 0.2) is 60.2 Å². The van der Waals surface area contributed by atoms with E-state index in [2.05, 4.69) is 50.4 Å². The number of hydrogen-bond donors (Lipinski definition) is 2. The number of aryl methyl sites for hydroxylation is 1. The molecule has 0 atom stereocenters. The summed E-state index contributed by atoms with van der Waals surface area (Å²) in [5, 5.41) is 13.3. The maximum absolute atomic E-state index is 12.1. The molecule has 4 aromatic rings. The van der Waals surface area contributed by atoms with Gasteiger partial charge < -0.3 is 10.6 Å². The molecule has 1 aromatic carbocycles. The SMILES string of the molecule is Cc1nc(-c2ccc(CCNC(=O)NCc3cnn(Cc4ccccc4)c3)s2)cs1. The zero-order valence-electron chi connectivity index (χ0n) is 16.7. The Morgan fingerprint density at radius 3 is 2.77 bits per heavy atom. The van der Waals surface area contributed by atoms with Gasteiger partial charge in [0.2, 0.25) is 0 Å². The van der Waals surface area contributed by atoms with Gasteiger partial charge in [0.25, 0.3) is 0 Å². The molecule has 4 rings (SSSR count). The van der Waals surface area contributed by atoms with E-state index in [1.165, 1.54) is 15.3 Å². The topological polar surface area (TPSA) is 71.8 Å².